The van der Waals surface area contributed by atoms with Gasteiger partial charge >= 0.3 is 0 Å². The summed E-state index contributed by atoms with van der Waals surface area (Å²) in [6.07, 6.45) is 1.62. The maximum absolute atomic E-state index is 12.3. The number of nitrogens with zero attached hydrogens (tertiary/aromatic N) is 1. The molecule has 5 nitrogen and oxygen atoms in total. The SMILES string of the molecule is O=S(=O)(Nc1ccccc1Br)c1cc2ncccc2[nH]1. The third-order valence-corrected chi connectivity index (χ3v) is 4.75. The number of nitrogens with one attached hydrogen (secondary N) is 2. The minimum absolute atomic E-state index is 0.0851. The van der Waals surface area contributed by atoms with Crippen LogP contribution in [0.5, 0.6) is 0 Å². The van der Waals surface area contributed by atoms with Gasteiger partial charge in [0, 0.05) is 16.7 Å². The van der Waals surface area contributed by atoms with Crippen LogP contribution in [0.1, 0.15) is 0 Å². The quantitative estimate of drug-likeness (QED) is 0.761. The van der Waals surface area contributed by atoms with Crippen molar-refractivity contribution < 1.29 is 8.42 Å². The smallest absolute Gasteiger partial charge is 0.277 e. The minimum Gasteiger partial charge on any atom is -0.343 e. The standard InChI is InChI=1S/C13H10BrN3O2S/c14-9-4-1-2-5-10(9)17-20(18,19)13-8-12-11(16-13)6-3-7-15-12/h1-8,16-17H. The first kappa shape index (κ1) is 13.1. The van der Waals surface area contributed by atoms with Crippen LogP contribution in [-0.2, 0) is 10.0 Å². The van der Waals surface area contributed by atoms with Crippen molar-refractivity contribution in [3.8, 4) is 0 Å². The normalized spacial score (nSPS) is 11.7. The zero-order chi connectivity index (χ0) is 14.2. The molecule has 0 aliphatic heterocycles. The van der Waals surface area contributed by atoms with Crippen LogP contribution in [0.4, 0.5) is 5.69 Å². The molecular formula is C13H10BrN3O2S. The largest absolute Gasteiger partial charge is 0.343 e. The third kappa shape index (κ3) is 2.41. The van der Waals surface area contributed by atoms with Gasteiger partial charge in [-0.3, -0.25) is 9.71 Å². The van der Waals surface area contributed by atoms with E-state index in [1.165, 1.54) is 6.07 Å². The van der Waals surface area contributed by atoms with Crippen LogP contribution in [0.2, 0.25) is 0 Å². The Morgan fingerprint density at radius 2 is 1.95 bits per heavy atom. The number of benzene rings is 1. The Morgan fingerprint density at radius 3 is 2.70 bits per heavy atom. The number of aromatic nitrogens is 2. The number of hydrogen-bond donors (Lipinski definition) is 2. The van der Waals surface area contributed by atoms with E-state index in [-0.39, 0.29) is 5.03 Å². The van der Waals surface area contributed by atoms with E-state index >= 15 is 0 Å². The van der Waals surface area contributed by atoms with Gasteiger partial charge in [-0.05, 0) is 40.2 Å². The van der Waals surface area contributed by atoms with E-state index in [2.05, 4.69) is 30.6 Å². The highest BCUT2D eigenvalue weighted by Crippen LogP contribution is 2.25. The molecule has 0 fully saturated rings. The molecule has 0 atom stereocenters. The Bertz CT molecular complexity index is 841. The predicted molar refractivity (Wildman–Crippen MR) is 81.0 cm³/mol. The van der Waals surface area contributed by atoms with E-state index in [4.69, 9.17) is 0 Å². The molecule has 2 heterocycles. The zero-order valence-corrected chi connectivity index (χ0v) is 12.6. The van der Waals surface area contributed by atoms with Crippen LogP contribution >= 0.6 is 15.9 Å². The summed E-state index contributed by atoms with van der Waals surface area (Å²) in [7, 11) is -3.67. The fraction of sp³-hybridized carbons (Fsp3) is 0. The molecule has 0 aliphatic carbocycles. The lowest BCUT2D eigenvalue weighted by Crippen LogP contribution is -2.13. The molecule has 3 rings (SSSR count). The molecule has 0 aliphatic rings. The number of aromatic amines is 1. The highest BCUT2D eigenvalue weighted by Gasteiger charge is 2.18. The van der Waals surface area contributed by atoms with Gasteiger partial charge in [-0.25, -0.2) is 0 Å². The number of halogens is 1. The molecule has 0 unspecified atom stereocenters. The summed E-state index contributed by atoms with van der Waals surface area (Å²) in [6, 6.07) is 12.1. The number of rotatable bonds is 3. The molecule has 20 heavy (non-hydrogen) atoms. The predicted octanol–water partition coefficient (Wildman–Crippen LogP) is 3.13. The van der Waals surface area contributed by atoms with Crippen molar-refractivity contribution in [1.29, 1.82) is 0 Å². The van der Waals surface area contributed by atoms with E-state index < -0.39 is 10.0 Å². The van der Waals surface area contributed by atoms with Crippen LogP contribution in [0.15, 0.2) is 58.2 Å². The number of para-hydroxylation sites is 1. The Labute approximate surface area is 124 Å². The van der Waals surface area contributed by atoms with Crippen LogP contribution < -0.4 is 4.72 Å². The van der Waals surface area contributed by atoms with Gasteiger partial charge in [0.05, 0.1) is 16.7 Å². The number of pyridine rings is 1. The summed E-state index contributed by atoms with van der Waals surface area (Å²) >= 11 is 3.31. The van der Waals surface area contributed by atoms with Gasteiger partial charge in [-0.2, -0.15) is 8.42 Å². The summed E-state index contributed by atoms with van der Waals surface area (Å²) < 4.78 is 27.9. The van der Waals surface area contributed by atoms with Gasteiger partial charge < -0.3 is 4.98 Å². The Morgan fingerprint density at radius 1 is 1.15 bits per heavy atom. The molecule has 0 saturated carbocycles. The first-order valence-electron chi connectivity index (χ1n) is 5.77. The van der Waals surface area contributed by atoms with E-state index in [9.17, 15) is 8.42 Å². The van der Waals surface area contributed by atoms with Crippen molar-refractivity contribution in [3.63, 3.8) is 0 Å². The van der Waals surface area contributed by atoms with Gasteiger partial charge in [0.15, 0.2) is 5.03 Å². The molecule has 102 valence electrons. The summed E-state index contributed by atoms with van der Waals surface area (Å²) in [5.41, 5.74) is 1.78. The summed E-state index contributed by atoms with van der Waals surface area (Å²) in [6.45, 7) is 0. The zero-order valence-electron chi connectivity index (χ0n) is 10.2. The second-order valence-corrected chi connectivity index (χ2v) is 6.66. The maximum atomic E-state index is 12.3. The van der Waals surface area contributed by atoms with Crippen LogP contribution in [0.3, 0.4) is 0 Å². The van der Waals surface area contributed by atoms with Crippen molar-refractivity contribution in [2.24, 2.45) is 0 Å². The second-order valence-electron chi connectivity index (χ2n) is 4.16. The molecule has 2 aromatic heterocycles. The number of sulfonamides is 1. The van der Waals surface area contributed by atoms with Gasteiger partial charge in [-0.1, -0.05) is 12.1 Å². The van der Waals surface area contributed by atoms with Crippen LogP contribution in [0.25, 0.3) is 11.0 Å². The summed E-state index contributed by atoms with van der Waals surface area (Å²) in [5, 5.41) is 0.0851. The fourth-order valence-corrected chi connectivity index (χ4v) is 3.42. The Hall–Kier alpha value is -1.86. The Kier molecular flexibility index (Phi) is 3.23. The molecular weight excluding hydrogens is 342 g/mol. The lowest BCUT2D eigenvalue weighted by Gasteiger charge is -2.07. The van der Waals surface area contributed by atoms with E-state index in [1.807, 2.05) is 6.07 Å². The number of anilines is 1. The average Bonchev–Trinajstić information content (AvgIpc) is 2.86. The van der Waals surface area contributed by atoms with E-state index in [0.29, 0.717) is 21.2 Å². The molecule has 0 amide bonds. The Balaban J connectivity index is 2.01. The molecule has 0 saturated heterocycles. The maximum Gasteiger partial charge on any atom is 0.277 e. The average molecular weight is 352 g/mol. The molecule has 0 spiro atoms. The van der Waals surface area contributed by atoms with Gasteiger partial charge in [-0.15, -0.1) is 0 Å². The van der Waals surface area contributed by atoms with Crippen LogP contribution in [-0.4, -0.2) is 18.4 Å². The first-order chi connectivity index (χ1) is 9.56. The number of hydrogen-bond acceptors (Lipinski definition) is 3. The molecule has 0 bridgehead atoms. The van der Waals surface area contributed by atoms with Crippen molar-refractivity contribution in [2.75, 3.05) is 4.72 Å². The molecule has 7 heteroatoms. The van der Waals surface area contributed by atoms with Crippen molar-refractivity contribution >= 4 is 42.7 Å². The highest BCUT2D eigenvalue weighted by atomic mass is 79.9. The van der Waals surface area contributed by atoms with E-state index in [0.717, 1.165) is 0 Å². The fourth-order valence-electron chi connectivity index (χ4n) is 1.82. The van der Waals surface area contributed by atoms with Gasteiger partial charge in [0.2, 0.25) is 0 Å². The van der Waals surface area contributed by atoms with E-state index in [1.54, 1.807) is 36.5 Å². The van der Waals surface area contributed by atoms with Gasteiger partial charge in [0.25, 0.3) is 10.0 Å². The molecule has 2 N–H and O–H groups in total. The summed E-state index contributed by atoms with van der Waals surface area (Å²) in [4.78, 5) is 6.95. The number of H-pyrrole nitrogens is 1. The van der Waals surface area contributed by atoms with Crippen molar-refractivity contribution in [3.05, 3.63) is 53.1 Å². The van der Waals surface area contributed by atoms with Gasteiger partial charge in [0.1, 0.15) is 0 Å². The highest BCUT2D eigenvalue weighted by molar-refractivity contribution is 9.10. The third-order valence-electron chi connectivity index (χ3n) is 2.77. The molecule has 1 aromatic carbocycles. The topological polar surface area (TPSA) is 74.8 Å². The molecule has 0 radical (unpaired) electrons. The van der Waals surface area contributed by atoms with Crippen molar-refractivity contribution in [1.82, 2.24) is 9.97 Å². The lowest BCUT2D eigenvalue weighted by molar-refractivity contribution is 0.598. The monoisotopic (exact) mass is 351 g/mol. The summed E-state index contributed by atoms with van der Waals surface area (Å²) in [5.74, 6) is 0. The van der Waals surface area contributed by atoms with Crippen molar-refractivity contribution in [2.45, 2.75) is 5.03 Å². The number of fused-ring (bicyclic) bond motifs is 1. The van der Waals surface area contributed by atoms with Crippen LogP contribution in [0, 0.1) is 0 Å². The second kappa shape index (κ2) is 4.92. The minimum atomic E-state index is -3.67. The first-order valence-corrected chi connectivity index (χ1v) is 8.05. The molecule has 3 aromatic rings. The lowest BCUT2D eigenvalue weighted by atomic mass is 10.3.